The van der Waals surface area contributed by atoms with Gasteiger partial charge in [0.1, 0.15) is 12.7 Å². The van der Waals surface area contributed by atoms with E-state index in [0.29, 0.717) is 0 Å². The summed E-state index contributed by atoms with van der Waals surface area (Å²) in [6.45, 7) is 2.22. The zero-order valence-corrected chi connectivity index (χ0v) is 9.66. The molecule has 0 aromatic heterocycles. The molecule has 0 aromatic carbocycles. The maximum Gasteiger partial charge on any atom is 0.303 e. The Morgan fingerprint density at radius 2 is 1.94 bits per heavy atom. The smallest absolute Gasteiger partial charge is 0.303 e. The molecule has 0 saturated carbocycles. The van der Waals surface area contributed by atoms with Crippen molar-refractivity contribution in [1.29, 1.82) is 0 Å². The topological polar surface area (TPSA) is 102 Å². The Kier molecular flexibility index (Phi) is 4.86. The van der Waals surface area contributed by atoms with E-state index in [-0.39, 0.29) is 13.0 Å². The second-order valence-electron chi connectivity index (χ2n) is 3.81. The van der Waals surface area contributed by atoms with Crippen LogP contribution in [0.2, 0.25) is 0 Å². The van der Waals surface area contributed by atoms with Crippen molar-refractivity contribution in [1.82, 2.24) is 0 Å². The van der Waals surface area contributed by atoms with Crippen LogP contribution in [0.15, 0.2) is 0 Å². The van der Waals surface area contributed by atoms with Gasteiger partial charge in [-0.3, -0.25) is 9.59 Å². The molecule has 0 bridgehead atoms. The Bertz CT molecular complexity index is 290. The molecular weight excluding hydrogens is 232 g/mol. The van der Waals surface area contributed by atoms with E-state index >= 15 is 0 Å². The van der Waals surface area contributed by atoms with Crippen LogP contribution in [-0.2, 0) is 23.8 Å². The zero-order valence-electron chi connectivity index (χ0n) is 9.66. The van der Waals surface area contributed by atoms with Crippen LogP contribution in [0.4, 0.5) is 0 Å². The molecule has 98 valence electrons. The van der Waals surface area contributed by atoms with Crippen LogP contribution in [0.5, 0.6) is 0 Å². The Morgan fingerprint density at radius 1 is 1.29 bits per heavy atom. The van der Waals surface area contributed by atoms with Gasteiger partial charge in [-0.1, -0.05) is 0 Å². The number of rotatable bonds is 3. The second-order valence-corrected chi connectivity index (χ2v) is 3.81. The van der Waals surface area contributed by atoms with E-state index in [2.05, 4.69) is 0 Å². The van der Waals surface area contributed by atoms with Crippen molar-refractivity contribution in [3.8, 4) is 0 Å². The summed E-state index contributed by atoms with van der Waals surface area (Å²) < 4.78 is 14.7. The molecular formula is C10H16O7. The minimum Gasteiger partial charge on any atom is -0.463 e. The highest BCUT2D eigenvalue weighted by atomic mass is 16.7. The van der Waals surface area contributed by atoms with E-state index in [4.69, 9.17) is 14.2 Å². The van der Waals surface area contributed by atoms with E-state index in [1.165, 1.54) is 13.8 Å². The van der Waals surface area contributed by atoms with Gasteiger partial charge in [-0.15, -0.1) is 0 Å². The molecule has 1 fully saturated rings. The van der Waals surface area contributed by atoms with Crippen molar-refractivity contribution >= 4 is 11.9 Å². The molecule has 4 atom stereocenters. The van der Waals surface area contributed by atoms with Crippen molar-refractivity contribution in [2.75, 3.05) is 6.61 Å². The number of carbonyl (C=O) groups excluding carboxylic acids is 2. The molecule has 7 nitrogen and oxygen atoms in total. The molecule has 2 N–H and O–H groups in total. The van der Waals surface area contributed by atoms with Crippen molar-refractivity contribution in [3.05, 3.63) is 0 Å². The van der Waals surface area contributed by atoms with Crippen LogP contribution in [-0.4, -0.2) is 53.4 Å². The monoisotopic (exact) mass is 248 g/mol. The summed E-state index contributed by atoms with van der Waals surface area (Å²) in [6.07, 6.45) is -4.11. The van der Waals surface area contributed by atoms with Gasteiger partial charge in [0, 0.05) is 20.3 Å². The van der Waals surface area contributed by atoms with Crippen molar-refractivity contribution in [2.45, 2.75) is 44.9 Å². The van der Waals surface area contributed by atoms with Gasteiger partial charge < -0.3 is 24.4 Å². The summed E-state index contributed by atoms with van der Waals surface area (Å²) in [7, 11) is 0. The Morgan fingerprint density at radius 3 is 2.47 bits per heavy atom. The summed E-state index contributed by atoms with van der Waals surface area (Å²) in [6, 6.07) is 0. The zero-order chi connectivity index (χ0) is 13.0. The van der Waals surface area contributed by atoms with Gasteiger partial charge in [0.2, 0.25) is 0 Å². The lowest BCUT2D eigenvalue weighted by Gasteiger charge is -2.36. The molecule has 0 radical (unpaired) electrons. The minimum absolute atomic E-state index is 0.0610. The number of carbonyl (C=O) groups is 2. The highest BCUT2D eigenvalue weighted by Gasteiger charge is 2.40. The van der Waals surface area contributed by atoms with Gasteiger partial charge in [-0.05, 0) is 0 Å². The lowest BCUT2D eigenvalue weighted by atomic mass is 10.0. The first kappa shape index (κ1) is 13.9. The lowest BCUT2D eigenvalue weighted by molar-refractivity contribution is -0.248. The summed E-state index contributed by atoms with van der Waals surface area (Å²) in [5.41, 5.74) is 0. The number of esters is 2. The summed E-state index contributed by atoms with van der Waals surface area (Å²) in [5, 5.41) is 19.0. The molecule has 1 aliphatic rings. The fourth-order valence-electron chi connectivity index (χ4n) is 1.60. The summed E-state index contributed by atoms with van der Waals surface area (Å²) >= 11 is 0. The number of ether oxygens (including phenoxy) is 3. The SMILES string of the molecule is CC(=O)OC[C@H]1OC(O)C[C@@H](O)[C@@H]1OC(C)=O. The largest absolute Gasteiger partial charge is 0.463 e. The molecule has 17 heavy (non-hydrogen) atoms. The van der Waals surface area contributed by atoms with Crippen molar-refractivity contribution in [2.24, 2.45) is 0 Å². The molecule has 1 rings (SSSR count). The minimum atomic E-state index is -1.17. The lowest BCUT2D eigenvalue weighted by Crippen LogP contribution is -2.52. The Hall–Kier alpha value is -1.18. The predicted octanol–water partition coefficient (Wildman–Crippen LogP) is -1.05. The maximum atomic E-state index is 10.9. The van der Waals surface area contributed by atoms with Crippen LogP contribution in [0.25, 0.3) is 0 Å². The Balaban J connectivity index is 2.64. The molecule has 0 aliphatic carbocycles. The maximum absolute atomic E-state index is 10.9. The third-order valence-corrected chi connectivity index (χ3v) is 2.27. The first-order valence-corrected chi connectivity index (χ1v) is 5.22. The fraction of sp³-hybridized carbons (Fsp3) is 0.800. The van der Waals surface area contributed by atoms with Gasteiger partial charge in [0.05, 0.1) is 6.10 Å². The van der Waals surface area contributed by atoms with Gasteiger partial charge in [-0.25, -0.2) is 0 Å². The first-order chi connectivity index (χ1) is 7.90. The molecule has 1 unspecified atom stereocenters. The molecule has 0 amide bonds. The number of hydrogen-bond donors (Lipinski definition) is 2. The standard InChI is InChI=1S/C10H16O7/c1-5(11)15-4-8-10(16-6(2)12)7(13)3-9(14)17-8/h7-10,13-14H,3-4H2,1-2H3/t7-,8-,9?,10+/m1/s1. The predicted molar refractivity (Wildman–Crippen MR) is 53.7 cm³/mol. The van der Waals surface area contributed by atoms with Gasteiger partial charge in [-0.2, -0.15) is 0 Å². The van der Waals surface area contributed by atoms with Gasteiger partial charge in [0.25, 0.3) is 0 Å². The molecule has 0 aromatic rings. The van der Waals surface area contributed by atoms with Gasteiger partial charge >= 0.3 is 11.9 Å². The van der Waals surface area contributed by atoms with E-state index in [9.17, 15) is 19.8 Å². The average molecular weight is 248 g/mol. The molecule has 1 heterocycles. The summed E-state index contributed by atoms with van der Waals surface area (Å²) in [4.78, 5) is 21.5. The van der Waals surface area contributed by atoms with E-state index in [1.807, 2.05) is 0 Å². The third kappa shape index (κ3) is 4.29. The molecule has 1 aliphatic heterocycles. The van der Waals surface area contributed by atoms with Crippen molar-refractivity contribution in [3.63, 3.8) is 0 Å². The summed E-state index contributed by atoms with van der Waals surface area (Å²) in [5.74, 6) is -1.11. The van der Waals surface area contributed by atoms with E-state index in [0.717, 1.165) is 0 Å². The highest BCUT2D eigenvalue weighted by molar-refractivity contribution is 5.66. The van der Waals surface area contributed by atoms with Crippen LogP contribution in [0, 0.1) is 0 Å². The normalized spacial score (nSPS) is 32.9. The number of aliphatic hydroxyl groups is 2. The van der Waals surface area contributed by atoms with E-state index < -0.39 is 36.5 Å². The van der Waals surface area contributed by atoms with Crippen LogP contribution >= 0.6 is 0 Å². The van der Waals surface area contributed by atoms with Crippen LogP contribution < -0.4 is 0 Å². The van der Waals surface area contributed by atoms with Gasteiger partial charge in [0.15, 0.2) is 12.4 Å². The first-order valence-electron chi connectivity index (χ1n) is 5.22. The quantitative estimate of drug-likeness (QED) is 0.614. The van der Waals surface area contributed by atoms with Crippen LogP contribution in [0.3, 0.4) is 0 Å². The third-order valence-electron chi connectivity index (χ3n) is 2.27. The highest BCUT2D eigenvalue weighted by Crippen LogP contribution is 2.22. The number of aliphatic hydroxyl groups excluding tert-OH is 2. The Labute approximate surface area is 98.3 Å². The van der Waals surface area contributed by atoms with E-state index in [1.54, 1.807) is 0 Å². The fourth-order valence-corrected chi connectivity index (χ4v) is 1.60. The second kappa shape index (κ2) is 5.95. The average Bonchev–Trinajstić information content (AvgIpc) is 2.18. The molecule has 7 heteroatoms. The number of hydrogen-bond acceptors (Lipinski definition) is 7. The van der Waals surface area contributed by atoms with Crippen LogP contribution in [0.1, 0.15) is 20.3 Å². The molecule has 1 saturated heterocycles. The molecule has 0 spiro atoms. The van der Waals surface area contributed by atoms with Crippen molar-refractivity contribution < 1.29 is 34.0 Å².